The molecule has 2 aromatic carbocycles. The summed E-state index contributed by atoms with van der Waals surface area (Å²) >= 11 is 0. The number of carbonyl (C=O) groups excluding carboxylic acids is 2. The molecule has 1 aliphatic heterocycles. The first-order valence-electron chi connectivity index (χ1n) is 9.82. The summed E-state index contributed by atoms with van der Waals surface area (Å²) in [5, 5.41) is 13.8. The molecule has 1 N–H and O–H groups in total. The molecule has 166 valence electrons. The number of carboxylic acid groups (broad SMARTS) is 1. The van der Waals surface area contributed by atoms with E-state index in [1.54, 1.807) is 30.3 Å². The molecule has 0 radical (unpaired) electrons. The molecule has 3 rings (SSSR count). The van der Waals surface area contributed by atoms with Crippen LogP contribution in [0.15, 0.2) is 48.5 Å². The highest BCUT2D eigenvalue weighted by molar-refractivity contribution is 5.83. The predicted molar refractivity (Wildman–Crippen MR) is 102 cm³/mol. The Morgan fingerprint density at radius 1 is 1.16 bits per heavy atom. The third-order valence-electron chi connectivity index (χ3n) is 5.46. The van der Waals surface area contributed by atoms with Gasteiger partial charge in [-0.25, -0.2) is 4.39 Å². The number of likely N-dealkylation sites (tertiary alicyclic amines) is 1. The Morgan fingerprint density at radius 2 is 1.87 bits per heavy atom. The lowest BCUT2D eigenvalue weighted by Gasteiger charge is -2.30. The Balaban J connectivity index is 1.77. The first-order chi connectivity index (χ1) is 14.7. The minimum absolute atomic E-state index is 0.189. The first kappa shape index (κ1) is 22.6. The maximum atomic E-state index is 14.0. The highest BCUT2D eigenvalue weighted by Crippen LogP contribution is 2.31. The number of nitrogens with one attached hydrogen (secondary N) is 1. The van der Waals surface area contributed by atoms with Crippen LogP contribution < -0.4 is 10.4 Å². The van der Waals surface area contributed by atoms with Crippen LogP contribution in [0.3, 0.4) is 0 Å². The fraction of sp³-hybridized carbons (Fsp3) is 0.364. The molecular weight excluding hydrogens is 416 g/mol. The number of nitrogens with zero attached hydrogens (tertiary/aromatic N) is 1. The van der Waals surface area contributed by atoms with E-state index >= 15 is 0 Å². The minimum Gasteiger partial charge on any atom is -0.530 e. The quantitative estimate of drug-likeness (QED) is 0.704. The summed E-state index contributed by atoms with van der Waals surface area (Å²) in [7, 11) is 0. The average Bonchev–Trinajstić information content (AvgIpc) is 3.19. The van der Waals surface area contributed by atoms with Crippen LogP contribution in [-0.4, -0.2) is 29.5 Å². The van der Waals surface area contributed by atoms with E-state index in [2.05, 4.69) is 5.32 Å². The lowest BCUT2D eigenvalue weighted by molar-refractivity contribution is -0.266. The average molecular weight is 437 g/mol. The van der Waals surface area contributed by atoms with E-state index in [1.807, 2.05) is 0 Å². The monoisotopic (exact) mass is 437 g/mol. The van der Waals surface area contributed by atoms with Gasteiger partial charge in [-0.3, -0.25) is 4.79 Å². The second-order valence-electron chi connectivity index (χ2n) is 7.48. The van der Waals surface area contributed by atoms with Crippen LogP contribution in [-0.2, 0) is 17.5 Å². The summed E-state index contributed by atoms with van der Waals surface area (Å²) in [6.07, 6.45) is -4.52. The van der Waals surface area contributed by atoms with Crippen molar-refractivity contribution < 1.29 is 32.3 Å². The fourth-order valence-corrected chi connectivity index (χ4v) is 3.87. The lowest BCUT2D eigenvalue weighted by atomic mass is 9.90. The molecule has 31 heavy (non-hydrogen) atoms. The zero-order chi connectivity index (χ0) is 22.6. The summed E-state index contributed by atoms with van der Waals surface area (Å²) in [6, 6.07) is 10.3. The maximum Gasteiger partial charge on any atom is 0.416 e. The summed E-state index contributed by atoms with van der Waals surface area (Å²) in [5.41, 5.74) is -0.657. The van der Waals surface area contributed by atoms with E-state index in [9.17, 15) is 32.3 Å². The molecular formula is C22H21F4N2O3-. The van der Waals surface area contributed by atoms with Crippen LogP contribution in [0.5, 0.6) is 0 Å². The summed E-state index contributed by atoms with van der Waals surface area (Å²) in [4.78, 5) is 25.5. The fourth-order valence-electron chi connectivity index (χ4n) is 3.87. The number of halogens is 4. The van der Waals surface area contributed by atoms with Crippen LogP contribution in [0.25, 0.3) is 0 Å². The van der Waals surface area contributed by atoms with Crippen LogP contribution in [0.1, 0.15) is 41.9 Å². The third-order valence-corrected chi connectivity index (χ3v) is 5.46. The van der Waals surface area contributed by atoms with Crippen LogP contribution in [0.2, 0.25) is 0 Å². The van der Waals surface area contributed by atoms with E-state index in [1.165, 1.54) is 4.90 Å². The highest BCUT2D eigenvalue weighted by atomic mass is 19.4. The van der Waals surface area contributed by atoms with Crippen molar-refractivity contribution in [1.29, 1.82) is 0 Å². The summed E-state index contributed by atoms with van der Waals surface area (Å²) < 4.78 is 52.7. The van der Waals surface area contributed by atoms with E-state index in [4.69, 9.17) is 0 Å². The molecule has 0 aliphatic carbocycles. The van der Waals surface area contributed by atoms with Gasteiger partial charge in [-0.2, -0.15) is 13.2 Å². The molecule has 0 saturated carbocycles. The van der Waals surface area contributed by atoms with E-state index in [-0.39, 0.29) is 12.0 Å². The van der Waals surface area contributed by atoms with Crippen molar-refractivity contribution in [3.8, 4) is 0 Å². The van der Waals surface area contributed by atoms with Crippen molar-refractivity contribution in [3.63, 3.8) is 0 Å². The topological polar surface area (TPSA) is 72.5 Å². The van der Waals surface area contributed by atoms with E-state index in [0.717, 1.165) is 6.07 Å². The Morgan fingerprint density at radius 3 is 2.52 bits per heavy atom. The molecule has 1 heterocycles. The van der Waals surface area contributed by atoms with Gasteiger partial charge in [0.05, 0.1) is 11.5 Å². The van der Waals surface area contributed by atoms with Crippen molar-refractivity contribution in [2.24, 2.45) is 0 Å². The number of hydrogen-bond donors (Lipinski definition) is 1. The minimum atomic E-state index is -4.63. The van der Waals surface area contributed by atoms with Crippen molar-refractivity contribution in [2.75, 3.05) is 6.54 Å². The van der Waals surface area contributed by atoms with Crippen molar-refractivity contribution in [1.82, 2.24) is 10.2 Å². The number of benzene rings is 2. The molecule has 1 saturated heterocycles. The molecule has 0 spiro atoms. The normalized spacial score (nSPS) is 17.4. The lowest BCUT2D eigenvalue weighted by Crippen LogP contribution is -2.45. The van der Waals surface area contributed by atoms with Gasteiger partial charge in [0.25, 0.3) is 0 Å². The first-order valence-corrected chi connectivity index (χ1v) is 9.82. The van der Waals surface area contributed by atoms with Crippen molar-refractivity contribution >= 4 is 12.0 Å². The number of amides is 2. The molecule has 2 aromatic rings. The van der Waals surface area contributed by atoms with Gasteiger partial charge in [-0.1, -0.05) is 30.3 Å². The van der Waals surface area contributed by atoms with Gasteiger partial charge in [-0.05, 0) is 43.0 Å². The molecule has 1 aliphatic rings. The molecule has 2 atom stereocenters. The van der Waals surface area contributed by atoms with Crippen LogP contribution >= 0.6 is 0 Å². The van der Waals surface area contributed by atoms with Gasteiger partial charge in [0.15, 0.2) is 0 Å². The number of hydrogen-bond acceptors (Lipinski definition) is 3. The second-order valence-corrected chi connectivity index (χ2v) is 7.48. The molecule has 1 unspecified atom stereocenters. The molecule has 9 heteroatoms. The Bertz CT molecular complexity index is 934. The van der Waals surface area contributed by atoms with Crippen molar-refractivity contribution in [2.45, 2.75) is 43.9 Å². The second kappa shape index (κ2) is 9.36. The van der Waals surface area contributed by atoms with E-state index < -0.39 is 48.1 Å². The SMILES string of the molecule is O=C(NCc1cc(C(F)(F)F)ccc1F)C(C[C@@H]1CCCN1C(=O)[O-])c1ccccc1. The van der Waals surface area contributed by atoms with Crippen molar-refractivity contribution in [3.05, 3.63) is 71.0 Å². The molecule has 1 fully saturated rings. The van der Waals surface area contributed by atoms with E-state index in [0.29, 0.717) is 37.1 Å². The van der Waals surface area contributed by atoms with Crippen LogP contribution in [0, 0.1) is 5.82 Å². The molecule has 5 nitrogen and oxygen atoms in total. The summed E-state index contributed by atoms with van der Waals surface area (Å²) in [6.45, 7) is -0.0988. The Hall–Kier alpha value is -3.10. The summed E-state index contributed by atoms with van der Waals surface area (Å²) in [5.74, 6) is -2.13. The predicted octanol–water partition coefficient (Wildman–Crippen LogP) is 3.44. The molecule has 0 bridgehead atoms. The van der Waals surface area contributed by atoms with Gasteiger partial charge >= 0.3 is 6.18 Å². The standard InChI is InChI=1S/C22H22F4N2O3/c23-19-9-8-16(22(24,25)26)11-15(19)13-27-20(29)18(14-5-2-1-3-6-14)12-17-7-4-10-28(17)21(30)31/h1-3,5-6,8-9,11,17-18H,4,7,10,12-13H2,(H,27,29)(H,30,31)/p-1/t17-,18?/m0/s1. The zero-order valence-electron chi connectivity index (χ0n) is 16.5. The maximum absolute atomic E-state index is 14.0. The number of carbonyl (C=O) groups is 2. The van der Waals surface area contributed by atoms with Gasteiger partial charge in [0.2, 0.25) is 5.91 Å². The zero-order valence-corrected chi connectivity index (χ0v) is 16.5. The van der Waals surface area contributed by atoms with Crippen LogP contribution in [0.4, 0.5) is 22.4 Å². The Labute approximate surface area is 176 Å². The number of alkyl halides is 3. The third kappa shape index (κ3) is 5.53. The largest absolute Gasteiger partial charge is 0.530 e. The smallest absolute Gasteiger partial charge is 0.416 e. The molecule has 2 amide bonds. The number of rotatable bonds is 6. The highest BCUT2D eigenvalue weighted by Gasteiger charge is 2.32. The van der Waals surface area contributed by atoms with Gasteiger partial charge in [0, 0.05) is 24.7 Å². The van der Waals surface area contributed by atoms with Gasteiger partial charge < -0.3 is 20.1 Å². The molecule has 0 aromatic heterocycles. The Kier molecular flexibility index (Phi) is 6.82. The van der Waals surface area contributed by atoms with Gasteiger partial charge in [0.1, 0.15) is 11.9 Å². The van der Waals surface area contributed by atoms with Gasteiger partial charge in [-0.15, -0.1) is 0 Å².